The van der Waals surface area contributed by atoms with Gasteiger partial charge in [-0.15, -0.1) is 0 Å². The first-order valence-corrected chi connectivity index (χ1v) is 10.2. The van der Waals surface area contributed by atoms with Crippen LogP contribution in [0.2, 0.25) is 0 Å². The summed E-state index contributed by atoms with van der Waals surface area (Å²) in [7, 11) is 1.87. The SMILES string of the molecule is CCOC1CCN(C(=NC)NCC(c2ccco2)N2CCCCC2)CC1. The van der Waals surface area contributed by atoms with Gasteiger partial charge in [0.2, 0.25) is 0 Å². The van der Waals surface area contributed by atoms with Crippen molar-refractivity contribution in [2.24, 2.45) is 4.99 Å². The summed E-state index contributed by atoms with van der Waals surface area (Å²) in [6, 6.07) is 4.35. The fraction of sp³-hybridized carbons (Fsp3) is 0.750. The average molecular weight is 363 g/mol. The van der Waals surface area contributed by atoms with Gasteiger partial charge >= 0.3 is 0 Å². The van der Waals surface area contributed by atoms with Crippen molar-refractivity contribution in [2.75, 3.05) is 46.4 Å². The van der Waals surface area contributed by atoms with E-state index in [1.165, 1.54) is 19.3 Å². The van der Waals surface area contributed by atoms with E-state index in [0.717, 1.165) is 63.9 Å². The molecule has 2 fully saturated rings. The lowest BCUT2D eigenvalue weighted by atomic mass is 10.1. The minimum Gasteiger partial charge on any atom is -0.468 e. The standard InChI is InChI=1S/C20H34N4O2/c1-3-25-17-9-13-24(14-10-17)20(21-2)22-16-18(19-8-7-15-26-19)23-11-5-4-6-12-23/h7-8,15,17-18H,3-6,9-14,16H2,1-2H3,(H,21,22). The molecule has 1 unspecified atom stereocenters. The van der Waals surface area contributed by atoms with Gasteiger partial charge in [0.05, 0.1) is 18.4 Å². The molecule has 146 valence electrons. The molecule has 26 heavy (non-hydrogen) atoms. The maximum absolute atomic E-state index is 5.76. The molecule has 0 bridgehead atoms. The first kappa shape index (κ1) is 19.2. The van der Waals surface area contributed by atoms with Crippen LogP contribution < -0.4 is 5.32 Å². The van der Waals surface area contributed by atoms with Gasteiger partial charge in [-0.1, -0.05) is 6.42 Å². The third kappa shape index (κ3) is 5.01. The molecule has 0 spiro atoms. The molecular formula is C20H34N4O2. The quantitative estimate of drug-likeness (QED) is 0.623. The van der Waals surface area contributed by atoms with Crippen molar-refractivity contribution < 1.29 is 9.15 Å². The minimum absolute atomic E-state index is 0.267. The second-order valence-corrected chi connectivity index (χ2v) is 7.20. The summed E-state index contributed by atoms with van der Waals surface area (Å²) in [5.74, 6) is 2.04. The van der Waals surface area contributed by atoms with Crippen LogP contribution in [0.15, 0.2) is 27.8 Å². The zero-order valence-electron chi connectivity index (χ0n) is 16.3. The van der Waals surface area contributed by atoms with Crippen molar-refractivity contribution in [1.82, 2.24) is 15.1 Å². The van der Waals surface area contributed by atoms with Crippen molar-refractivity contribution in [1.29, 1.82) is 0 Å². The van der Waals surface area contributed by atoms with Crippen LogP contribution in [-0.2, 0) is 4.74 Å². The average Bonchev–Trinajstić information content (AvgIpc) is 3.22. The third-order valence-electron chi connectivity index (χ3n) is 5.51. The summed E-state index contributed by atoms with van der Waals surface area (Å²) in [6.45, 7) is 7.99. The summed E-state index contributed by atoms with van der Waals surface area (Å²) >= 11 is 0. The number of aliphatic imine (C=N–C) groups is 1. The lowest BCUT2D eigenvalue weighted by Crippen LogP contribution is -2.49. The van der Waals surface area contributed by atoms with Crippen LogP contribution in [0.1, 0.15) is 50.8 Å². The van der Waals surface area contributed by atoms with Crippen LogP contribution in [-0.4, -0.2) is 68.2 Å². The highest BCUT2D eigenvalue weighted by molar-refractivity contribution is 5.80. The van der Waals surface area contributed by atoms with Crippen molar-refractivity contribution in [3.8, 4) is 0 Å². The predicted molar refractivity (Wildman–Crippen MR) is 104 cm³/mol. The monoisotopic (exact) mass is 362 g/mol. The van der Waals surface area contributed by atoms with Crippen molar-refractivity contribution >= 4 is 5.96 Å². The molecule has 2 aliphatic rings. The second-order valence-electron chi connectivity index (χ2n) is 7.20. The molecule has 1 atom stereocenters. The van der Waals surface area contributed by atoms with Gasteiger partial charge in [0, 0.05) is 33.3 Å². The van der Waals surface area contributed by atoms with E-state index in [9.17, 15) is 0 Å². The normalized spacial score (nSPS) is 21.8. The Morgan fingerprint density at radius 1 is 1.27 bits per heavy atom. The Kier molecular flexibility index (Phi) is 7.38. The van der Waals surface area contributed by atoms with E-state index in [0.29, 0.717) is 6.10 Å². The Bertz CT molecular complexity index is 532. The van der Waals surface area contributed by atoms with Gasteiger partial charge < -0.3 is 19.4 Å². The number of hydrogen-bond donors (Lipinski definition) is 1. The Labute approximate surface area is 157 Å². The molecule has 6 heteroatoms. The van der Waals surface area contributed by atoms with Crippen LogP contribution in [0, 0.1) is 0 Å². The molecule has 1 aromatic heterocycles. The molecule has 1 aromatic rings. The highest BCUT2D eigenvalue weighted by atomic mass is 16.5. The molecule has 3 rings (SSSR count). The first-order valence-electron chi connectivity index (χ1n) is 10.2. The molecule has 2 saturated heterocycles. The number of likely N-dealkylation sites (tertiary alicyclic amines) is 2. The Morgan fingerprint density at radius 3 is 2.65 bits per heavy atom. The van der Waals surface area contributed by atoms with E-state index in [1.54, 1.807) is 6.26 Å². The molecule has 0 aliphatic carbocycles. The molecule has 0 saturated carbocycles. The smallest absolute Gasteiger partial charge is 0.193 e. The van der Waals surface area contributed by atoms with Crippen LogP contribution >= 0.6 is 0 Å². The van der Waals surface area contributed by atoms with Crippen LogP contribution in [0.25, 0.3) is 0 Å². The van der Waals surface area contributed by atoms with Gasteiger partial charge in [0.1, 0.15) is 5.76 Å². The summed E-state index contributed by atoms with van der Waals surface area (Å²) < 4.78 is 11.5. The molecule has 2 aliphatic heterocycles. The first-order chi connectivity index (χ1) is 12.8. The number of guanidine groups is 1. The number of furan rings is 1. The van der Waals surface area contributed by atoms with E-state index in [4.69, 9.17) is 9.15 Å². The van der Waals surface area contributed by atoms with Gasteiger partial charge in [-0.3, -0.25) is 9.89 Å². The summed E-state index contributed by atoms with van der Waals surface area (Å²) in [6.07, 6.45) is 8.21. The van der Waals surface area contributed by atoms with Gasteiger partial charge in [0.15, 0.2) is 5.96 Å². The fourth-order valence-electron chi connectivity index (χ4n) is 4.11. The van der Waals surface area contributed by atoms with Crippen LogP contribution in [0.3, 0.4) is 0 Å². The summed E-state index contributed by atoms with van der Waals surface area (Å²) in [5.41, 5.74) is 0. The van der Waals surface area contributed by atoms with Gasteiger partial charge in [0.25, 0.3) is 0 Å². The number of hydrogen-bond acceptors (Lipinski definition) is 4. The lowest BCUT2D eigenvalue weighted by molar-refractivity contribution is 0.0262. The number of nitrogens with zero attached hydrogens (tertiary/aromatic N) is 3. The van der Waals surface area contributed by atoms with Crippen molar-refractivity contribution in [2.45, 2.75) is 51.2 Å². The second kappa shape index (κ2) is 9.97. The Morgan fingerprint density at radius 2 is 2.04 bits per heavy atom. The fourth-order valence-corrected chi connectivity index (χ4v) is 4.11. The zero-order chi connectivity index (χ0) is 18.2. The van der Waals surface area contributed by atoms with Crippen molar-refractivity contribution in [3.05, 3.63) is 24.2 Å². The minimum atomic E-state index is 0.267. The topological polar surface area (TPSA) is 53.2 Å². The maximum Gasteiger partial charge on any atom is 0.193 e. The van der Waals surface area contributed by atoms with Gasteiger partial charge in [-0.25, -0.2) is 0 Å². The van der Waals surface area contributed by atoms with E-state index in [1.807, 2.05) is 13.1 Å². The summed E-state index contributed by atoms with van der Waals surface area (Å²) in [4.78, 5) is 9.42. The molecule has 0 aromatic carbocycles. The van der Waals surface area contributed by atoms with E-state index in [2.05, 4.69) is 33.1 Å². The molecule has 6 nitrogen and oxygen atoms in total. The van der Waals surface area contributed by atoms with Crippen LogP contribution in [0.5, 0.6) is 0 Å². The maximum atomic E-state index is 5.76. The summed E-state index contributed by atoms with van der Waals surface area (Å²) in [5, 5.41) is 3.61. The number of nitrogens with one attached hydrogen (secondary N) is 1. The lowest BCUT2D eigenvalue weighted by Gasteiger charge is -2.36. The zero-order valence-corrected chi connectivity index (χ0v) is 16.3. The van der Waals surface area contributed by atoms with Crippen molar-refractivity contribution in [3.63, 3.8) is 0 Å². The molecule has 1 N–H and O–H groups in total. The van der Waals surface area contributed by atoms with E-state index < -0.39 is 0 Å². The number of piperidine rings is 2. The molecule has 0 amide bonds. The van der Waals surface area contributed by atoms with E-state index >= 15 is 0 Å². The number of ether oxygens (including phenoxy) is 1. The largest absolute Gasteiger partial charge is 0.468 e. The third-order valence-corrected chi connectivity index (χ3v) is 5.51. The number of rotatable bonds is 6. The molecular weight excluding hydrogens is 328 g/mol. The van der Waals surface area contributed by atoms with Crippen LogP contribution in [0.4, 0.5) is 0 Å². The molecule has 0 radical (unpaired) electrons. The van der Waals surface area contributed by atoms with E-state index in [-0.39, 0.29) is 6.04 Å². The highest BCUT2D eigenvalue weighted by Gasteiger charge is 2.26. The van der Waals surface area contributed by atoms with Gasteiger partial charge in [-0.2, -0.15) is 0 Å². The Balaban J connectivity index is 1.57. The van der Waals surface area contributed by atoms with Gasteiger partial charge in [-0.05, 0) is 57.8 Å². The highest BCUT2D eigenvalue weighted by Crippen LogP contribution is 2.24. The molecule has 3 heterocycles. The Hall–Kier alpha value is -1.53. The predicted octanol–water partition coefficient (Wildman–Crippen LogP) is 2.88.